The molecule has 1 aliphatic heterocycles. The lowest BCUT2D eigenvalue weighted by Gasteiger charge is -2.35. The molecule has 36 heavy (non-hydrogen) atoms. The molecule has 0 radical (unpaired) electrons. The number of ether oxygens (including phenoxy) is 1. The number of benzene rings is 3. The monoisotopic (exact) mass is 514 g/mol. The molecule has 192 valence electrons. The predicted octanol–water partition coefficient (Wildman–Crippen LogP) is 5.59. The molecule has 0 amide bonds. The number of rotatable bonds is 11. The van der Waals surface area contributed by atoms with Crippen LogP contribution in [0.3, 0.4) is 0 Å². The van der Waals surface area contributed by atoms with Crippen molar-refractivity contribution in [2.75, 3.05) is 45.9 Å². The second kappa shape index (κ2) is 13.2. The van der Waals surface area contributed by atoms with Gasteiger partial charge >= 0.3 is 0 Å². The van der Waals surface area contributed by atoms with Gasteiger partial charge in [0.15, 0.2) is 0 Å². The molecule has 3 aromatic rings. The van der Waals surface area contributed by atoms with Gasteiger partial charge in [0.25, 0.3) is 0 Å². The lowest BCUT2D eigenvalue weighted by Crippen LogP contribution is -2.49. The molecule has 1 fully saturated rings. The van der Waals surface area contributed by atoms with Crippen molar-refractivity contribution in [1.82, 2.24) is 9.80 Å². The van der Waals surface area contributed by atoms with E-state index in [1.807, 2.05) is 24.3 Å². The van der Waals surface area contributed by atoms with Crippen LogP contribution in [0.15, 0.2) is 72.8 Å². The van der Waals surface area contributed by atoms with Gasteiger partial charge < -0.3 is 14.7 Å². The number of nitrogens with zero attached hydrogens (tertiary/aromatic N) is 2. The lowest BCUT2D eigenvalue weighted by atomic mass is 9.87. The van der Waals surface area contributed by atoms with Crippen LogP contribution in [0.25, 0.3) is 0 Å². The van der Waals surface area contributed by atoms with E-state index >= 15 is 0 Å². The van der Waals surface area contributed by atoms with E-state index in [1.54, 1.807) is 24.3 Å². The minimum absolute atomic E-state index is 0.100. The van der Waals surface area contributed by atoms with Crippen LogP contribution in [0, 0.1) is 11.6 Å². The molecule has 0 spiro atoms. The van der Waals surface area contributed by atoms with Crippen molar-refractivity contribution >= 4 is 11.6 Å². The van der Waals surface area contributed by atoms with Crippen LogP contribution in [-0.2, 0) is 0 Å². The third-order valence-electron chi connectivity index (χ3n) is 6.70. The topological polar surface area (TPSA) is 35.9 Å². The first-order valence-corrected chi connectivity index (χ1v) is 12.9. The van der Waals surface area contributed by atoms with Crippen LogP contribution in [0.5, 0.6) is 5.75 Å². The summed E-state index contributed by atoms with van der Waals surface area (Å²) in [5, 5.41) is 11.0. The Morgan fingerprint density at radius 3 is 1.86 bits per heavy atom. The molecule has 3 aromatic carbocycles. The maximum Gasteiger partial charge on any atom is 0.123 e. The second-order valence-corrected chi connectivity index (χ2v) is 9.80. The fraction of sp³-hybridized carbons (Fsp3) is 0.379. The third-order valence-corrected chi connectivity index (χ3v) is 6.95. The first kappa shape index (κ1) is 26.6. The average Bonchev–Trinajstić information content (AvgIpc) is 2.89. The summed E-state index contributed by atoms with van der Waals surface area (Å²) in [5.74, 6) is 0.290. The number of aliphatic hydroxyl groups is 1. The Kier molecular flexibility index (Phi) is 9.70. The van der Waals surface area contributed by atoms with E-state index in [9.17, 15) is 13.9 Å². The Balaban J connectivity index is 1.20. The molecule has 1 atom stereocenters. The minimum Gasteiger partial charge on any atom is -0.491 e. The molecule has 0 bridgehead atoms. The van der Waals surface area contributed by atoms with Gasteiger partial charge in [-0.2, -0.15) is 0 Å². The van der Waals surface area contributed by atoms with Crippen LogP contribution in [0.4, 0.5) is 8.78 Å². The van der Waals surface area contributed by atoms with Crippen molar-refractivity contribution in [2.24, 2.45) is 0 Å². The van der Waals surface area contributed by atoms with E-state index in [-0.39, 0.29) is 24.2 Å². The van der Waals surface area contributed by atoms with Gasteiger partial charge in [0, 0.05) is 43.7 Å². The number of piperazine rings is 1. The minimum atomic E-state index is -0.556. The molecule has 1 heterocycles. The fourth-order valence-electron chi connectivity index (χ4n) is 4.70. The van der Waals surface area contributed by atoms with E-state index in [2.05, 4.69) is 9.80 Å². The van der Waals surface area contributed by atoms with E-state index in [0.717, 1.165) is 56.7 Å². The summed E-state index contributed by atoms with van der Waals surface area (Å²) in [6.45, 7) is 5.49. The van der Waals surface area contributed by atoms with Gasteiger partial charge in [-0.05, 0) is 79.0 Å². The normalized spacial score (nSPS) is 15.8. The van der Waals surface area contributed by atoms with E-state index in [0.29, 0.717) is 17.3 Å². The Bertz CT molecular complexity index is 1010. The van der Waals surface area contributed by atoms with Gasteiger partial charge in [-0.25, -0.2) is 8.78 Å². The average molecular weight is 515 g/mol. The van der Waals surface area contributed by atoms with E-state index in [4.69, 9.17) is 16.3 Å². The Morgan fingerprint density at radius 1 is 0.778 bits per heavy atom. The summed E-state index contributed by atoms with van der Waals surface area (Å²) in [6.07, 6.45) is 1.33. The van der Waals surface area contributed by atoms with Crippen LogP contribution in [-0.4, -0.2) is 66.9 Å². The molecule has 1 saturated heterocycles. The number of aliphatic hydroxyl groups excluding tert-OH is 1. The number of hydrogen-bond acceptors (Lipinski definition) is 4. The smallest absolute Gasteiger partial charge is 0.123 e. The maximum atomic E-state index is 13.5. The second-order valence-electron chi connectivity index (χ2n) is 9.36. The summed E-state index contributed by atoms with van der Waals surface area (Å²) in [6, 6.07) is 20.4. The molecular weight excluding hydrogens is 482 g/mol. The SMILES string of the molecule is OC(COc1ccc(Cl)cc1)CN1CCN(CCCC(c2ccc(F)cc2)c2ccc(F)cc2)CC1. The van der Waals surface area contributed by atoms with Crippen molar-refractivity contribution in [3.63, 3.8) is 0 Å². The molecule has 0 saturated carbocycles. The van der Waals surface area contributed by atoms with Gasteiger partial charge in [0.2, 0.25) is 0 Å². The zero-order chi connectivity index (χ0) is 25.3. The van der Waals surface area contributed by atoms with Gasteiger partial charge in [-0.1, -0.05) is 35.9 Å². The van der Waals surface area contributed by atoms with Crippen molar-refractivity contribution < 1.29 is 18.6 Å². The lowest BCUT2D eigenvalue weighted by molar-refractivity contribution is 0.0458. The van der Waals surface area contributed by atoms with Crippen molar-refractivity contribution in [3.05, 3.63) is 101 Å². The van der Waals surface area contributed by atoms with Gasteiger partial charge in [0.1, 0.15) is 30.1 Å². The number of hydrogen-bond donors (Lipinski definition) is 1. The molecule has 0 aromatic heterocycles. The molecule has 1 N–H and O–H groups in total. The van der Waals surface area contributed by atoms with Gasteiger partial charge in [-0.15, -0.1) is 0 Å². The Hall–Kier alpha value is -2.51. The standard InChI is InChI=1S/C29H33ClF2N2O2/c30-24-7-13-28(14-8-24)36-21-27(35)20-34-18-16-33(17-19-34)15-1-2-29(22-3-9-25(31)10-4-22)23-5-11-26(32)12-6-23/h3-14,27,29,35H,1-2,15-21H2. The molecular formula is C29H33ClF2N2O2. The highest BCUT2D eigenvalue weighted by Gasteiger charge is 2.20. The van der Waals surface area contributed by atoms with E-state index in [1.165, 1.54) is 24.3 Å². The fourth-order valence-corrected chi connectivity index (χ4v) is 4.83. The molecule has 1 unspecified atom stereocenters. The first-order chi connectivity index (χ1) is 17.5. The predicted molar refractivity (Wildman–Crippen MR) is 140 cm³/mol. The Morgan fingerprint density at radius 2 is 1.31 bits per heavy atom. The highest BCUT2D eigenvalue weighted by molar-refractivity contribution is 6.30. The highest BCUT2D eigenvalue weighted by Crippen LogP contribution is 2.30. The summed E-state index contributed by atoms with van der Waals surface area (Å²) in [4.78, 5) is 4.71. The number of β-amino-alcohol motifs (C(OH)–C–C–N with tert-alkyl or cyclic N) is 1. The summed E-state index contributed by atoms with van der Waals surface area (Å²) in [7, 11) is 0. The zero-order valence-electron chi connectivity index (χ0n) is 20.3. The van der Waals surface area contributed by atoms with Gasteiger partial charge in [0.05, 0.1) is 0 Å². The van der Waals surface area contributed by atoms with Gasteiger partial charge in [-0.3, -0.25) is 4.90 Å². The summed E-state index contributed by atoms with van der Waals surface area (Å²) < 4.78 is 32.6. The largest absolute Gasteiger partial charge is 0.491 e. The van der Waals surface area contributed by atoms with Crippen molar-refractivity contribution in [3.8, 4) is 5.75 Å². The van der Waals surface area contributed by atoms with Crippen molar-refractivity contribution in [2.45, 2.75) is 24.9 Å². The van der Waals surface area contributed by atoms with Crippen LogP contribution < -0.4 is 4.74 Å². The highest BCUT2D eigenvalue weighted by atomic mass is 35.5. The first-order valence-electron chi connectivity index (χ1n) is 12.5. The molecule has 0 aliphatic carbocycles. The van der Waals surface area contributed by atoms with Crippen molar-refractivity contribution in [1.29, 1.82) is 0 Å². The maximum absolute atomic E-state index is 13.5. The molecule has 4 nitrogen and oxygen atoms in total. The summed E-state index contributed by atoms with van der Waals surface area (Å²) in [5.41, 5.74) is 2.09. The molecule has 7 heteroatoms. The third kappa shape index (κ3) is 8.00. The van der Waals surface area contributed by atoms with Crippen LogP contribution in [0.1, 0.15) is 29.9 Å². The quantitative estimate of drug-likeness (QED) is 0.362. The molecule has 1 aliphatic rings. The summed E-state index contributed by atoms with van der Waals surface area (Å²) >= 11 is 5.89. The van der Waals surface area contributed by atoms with E-state index < -0.39 is 6.10 Å². The zero-order valence-corrected chi connectivity index (χ0v) is 21.1. The number of halogens is 3. The Labute approximate surface area is 217 Å². The van der Waals surface area contributed by atoms with Crippen LogP contribution >= 0.6 is 11.6 Å². The molecule has 4 rings (SSSR count). The van der Waals surface area contributed by atoms with Crippen LogP contribution in [0.2, 0.25) is 5.02 Å².